The zero-order valence-electron chi connectivity index (χ0n) is 15.1. The molecule has 0 spiro atoms. The number of ether oxygens (including phenoxy) is 1. The van der Waals surface area contributed by atoms with Gasteiger partial charge in [0.15, 0.2) is 0 Å². The molecule has 0 radical (unpaired) electrons. The molecule has 0 bridgehead atoms. The van der Waals surface area contributed by atoms with Gasteiger partial charge in [0.1, 0.15) is 5.75 Å². The van der Waals surface area contributed by atoms with Crippen molar-refractivity contribution >= 4 is 38.5 Å². The number of aryl methyl sites for hydroxylation is 1. The van der Waals surface area contributed by atoms with Gasteiger partial charge >= 0.3 is 5.97 Å². The maximum Gasteiger partial charge on any atom is 0.343 e. The highest BCUT2D eigenvalue weighted by atomic mass is 16.5. The third-order valence-corrected chi connectivity index (χ3v) is 5.01. The number of hydrogen-bond donors (Lipinski definition) is 2. The largest absolute Gasteiger partial charge is 0.423 e. The average Bonchev–Trinajstić information content (AvgIpc) is 3.12. The van der Waals surface area contributed by atoms with E-state index in [1.165, 1.54) is 0 Å². The van der Waals surface area contributed by atoms with Crippen molar-refractivity contribution in [1.82, 2.24) is 9.97 Å². The second-order valence-corrected chi connectivity index (χ2v) is 6.80. The second-order valence-electron chi connectivity index (χ2n) is 6.80. The highest BCUT2D eigenvalue weighted by molar-refractivity contribution is 6.20. The van der Waals surface area contributed by atoms with E-state index >= 15 is 0 Å². The van der Waals surface area contributed by atoms with E-state index in [1.807, 2.05) is 37.3 Å². The minimum atomic E-state index is -0.403. The lowest BCUT2D eigenvalue weighted by atomic mass is 10.0. The van der Waals surface area contributed by atoms with E-state index in [2.05, 4.69) is 9.97 Å². The van der Waals surface area contributed by atoms with Gasteiger partial charge < -0.3 is 14.7 Å². The van der Waals surface area contributed by atoms with Crippen molar-refractivity contribution < 1.29 is 9.53 Å². The number of aromatic nitrogens is 2. The summed E-state index contributed by atoms with van der Waals surface area (Å²) in [6.07, 6.45) is 1.71. The number of nitrogens with one attached hydrogen (secondary N) is 2. The van der Waals surface area contributed by atoms with Crippen LogP contribution in [0.15, 0.2) is 71.7 Å². The second kappa shape index (κ2) is 6.09. The Balaban J connectivity index is 1.66. The summed E-state index contributed by atoms with van der Waals surface area (Å²) in [5.41, 5.74) is 3.09. The summed E-state index contributed by atoms with van der Waals surface area (Å²) in [4.78, 5) is 30.9. The first kappa shape index (κ1) is 16.3. The summed E-state index contributed by atoms with van der Waals surface area (Å²) in [5.74, 6) is 0.0609. The zero-order chi connectivity index (χ0) is 19.3. The minimum Gasteiger partial charge on any atom is -0.423 e. The van der Waals surface area contributed by atoms with Crippen LogP contribution in [0.2, 0.25) is 0 Å². The molecule has 5 aromatic rings. The van der Waals surface area contributed by atoms with Crippen LogP contribution in [-0.2, 0) is 0 Å². The Morgan fingerprint density at radius 1 is 0.964 bits per heavy atom. The first-order valence-electron chi connectivity index (χ1n) is 8.95. The van der Waals surface area contributed by atoms with Gasteiger partial charge in [-0.3, -0.25) is 4.79 Å². The molecule has 5 nitrogen and oxygen atoms in total. The molecule has 28 heavy (non-hydrogen) atoms. The molecule has 2 heterocycles. The van der Waals surface area contributed by atoms with Crippen molar-refractivity contribution in [2.24, 2.45) is 0 Å². The van der Waals surface area contributed by atoms with Gasteiger partial charge in [-0.15, -0.1) is 0 Å². The van der Waals surface area contributed by atoms with Crippen molar-refractivity contribution in [3.8, 4) is 5.75 Å². The quantitative estimate of drug-likeness (QED) is 0.351. The number of hydrogen-bond acceptors (Lipinski definition) is 3. The smallest absolute Gasteiger partial charge is 0.343 e. The van der Waals surface area contributed by atoms with Gasteiger partial charge in [-0.05, 0) is 59.7 Å². The van der Waals surface area contributed by atoms with Crippen LogP contribution in [0.25, 0.3) is 32.6 Å². The van der Waals surface area contributed by atoms with Gasteiger partial charge in [0, 0.05) is 17.1 Å². The van der Waals surface area contributed by atoms with E-state index in [9.17, 15) is 9.59 Å². The molecule has 2 N–H and O–H groups in total. The Morgan fingerprint density at radius 2 is 1.79 bits per heavy atom. The number of benzene rings is 3. The van der Waals surface area contributed by atoms with Crippen LogP contribution in [0.3, 0.4) is 0 Å². The number of aromatic amines is 2. The summed E-state index contributed by atoms with van der Waals surface area (Å²) in [6.45, 7) is 1.96. The normalized spacial score (nSPS) is 11.3. The van der Waals surface area contributed by atoms with Crippen LogP contribution in [-0.4, -0.2) is 15.9 Å². The highest BCUT2D eigenvalue weighted by Gasteiger charge is 2.14. The van der Waals surface area contributed by atoms with Crippen molar-refractivity contribution in [3.63, 3.8) is 0 Å². The van der Waals surface area contributed by atoms with E-state index in [-0.39, 0.29) is 5.56 Å². The minimum absolute atomic E-state index is 0.126. The monoisotopic (exact) mass is 368 g/mol. The number of pyridine rings is 1. The predicted molar refractivity (Wildman–Crippen MR) is 110 cm³/mol. The van der Waals surface area contributed by atoms with Gasteiger partial charge in [-0.25, -0.2) is 4.79 Å². The molecule has 0 unspecified atom stereocenters. The Kier molecular flexibility index (Phi) is 3.55. The number of carbonyl (C=O) groups excluding carboxylic acids is 1. The standard InChI is InChI=1S/C23H16N2O3/c1-13-12-24-22(26)20-19-17-9-8-16(28-23(27)14-5-3-2-4-6-14)11-15(17)7-10-18(19)25-21(13)20/h2-12,25H,1H3,(H,24,26). The van der Waals surface area contributed by atoms with Crippen LogP contribution in [0.1, 0.15) is 15.9 Å². The van der Waals surface area contributed by atoms with Gasteiger partial charge in [-0.1, -0.05) is 24.3 Å². The van der Waals surface area contributed by atoms with Crippen LogP contribution in [0, 0.1) is 6.92 Å². The summed E-state index contributed by atoms with van der Waals surface area (Å²) in [5, 5.41) is 3.35. The zero-order valence-corrected chi connectivity index (χ0v) is 15.1. The van der Waals surface area contributed by atoms with E-state index in [4.69, 9.17) is 4.74 Å². The van der Waals surface area contributed by atoms with E-state index in [0.717, 1.165) is 32.8 Å². The molecule has 3 aromatic carbocycles. The topological polar surface area (TPSA) is 74.9 Å². The Hall–Kier alpha value is -3.86. The van der Waals surface area contributed by atoms with Gasteiger partial charge in [0.05, 0.1) is 16.5 Å². The number of carbonyl (C=O) groups is 1. The molecule has 0 fully saturated rings. The predicted octanol–water partition coefficient (Wildman–Crippen LogP) is 4.69. The number of esters is 1. The van der Waals surface area contributed by atoms with Gasteiger partial charge in [0.2, 0.25) is 0 Å². The molecule has 0 saturated heterocycles. The molecule has 5 heteroatoms. The summed E-state index contributed by atoms with van der Waals surface area (Å²) < 4.78 is 5.52. The molecule has 136 valence electrons. The van der Waals surface area contributed by atoms with Crippen molar-refractivity contribution in [2.75, 3.05) is 0 Å². The molecular formula is C23H16N2O3. The molecule has 0 atom stereocenters. The molecule has 2 aromatic heterocycles. The fraction of sp³-hybridized carbons (Fsp3) is 0.0435. The van der Waals surface area contributed by atoms with E-state index < -0.39 is 5.97 Å². The summed E-state index contributed by atoms with van der Waals surface area (Å²) in [6, 6.07) is 18.2. The maximum absolute atomic E-state index is 12.5. The SMILES string of the molecule is Cc1c[nH]c(=O)c2c1[nH]c1ccc3cc(OC(=O)c4ccccc4)ccc3c12. The third kappa shape index (κ3) is 2.48. The summed E-state index contributed by atoms with van der Waals surface area (Å²) in [7, 11) is 0. The van der Waals surface area contributed by atoms with Crippen molar-refractivity contribution in [2.45, 2.75) is 6.92 Å². The van der Waals surface area contributed by atoms with Crippen molar-refractivity contribution in [3.05, 3.63) is 88.3 Å². The fourth-order valence-corrected chi connectivity index (χ4v) is 3.65. The Morgan fingerprint density at radius 3 is 2.61 bits per heavy atom. The lowest BCUT2D eigenvalue weighted by Crippen LogP contribution is -2.08. The van der Waals surface area contributed by atoms with Crippen molar-refractivity contribution in [1.29, 1.82) is 0 Å². The molecule has 0 amide bonds. The van der Waals surface area contributed by atoms with Gasteiger partial charge in [-0.2, -0.15) is 0 Å². The lowest BCUT2D eigenvalue weighted by molar-refractivity contribution is 0.0735. The van der Waals surface area contributed by atoms with Crippen LogP contribution < -0.4 is 10.3 Å². The number of rotatable bonds is 2. The maximum atomic E-state index is 12.5. The van der Waals surface area contributed by atoms with E-state index in [0.29, 0.717) is 16.7 Å². The number of H-pyrrole nitrogens is 2. The van der Waals surface area contributed by atoms with E-state index in [1.54, 1.807) is 36.5 Å². The lowest BCUT2D eigenvalue weighted by Gasteiger charge is -2.07. The first-order chi connectivity index (χ1) is 13.6. The molecule has 0 saturated carbocycles. The highest BCUT2D eigenvalue weighted by Crippen LogP contribution is 2.33. The Bertz CT molecular complexity index is 1430. The Labute approximate surface area is 159 Å². The molecular weight excluding hydrogens is 352 g/mol. The number of fused-ring (bicyclic) bond motifs is 5. The first-order valence-corrected chi connectivity index (χ1v) is 8.95. The average molecular weight is 368 g/mol. The van der Waals surface area contributed by atoms with Crippen LogP contribution in [0.5, 0.6) is 5.75 Å². The van der Waals surface area contributed by atoms with Gasteiger partial charge in [0.25, 0.3) is 5.56 Å². The fourth-order valence-electron chi connectivity index (χ4n) is 3.65. The third-order valence-electron chi connectivity index (χ3n) is 5.01. The van der Waals surface area contributed by atoms with Crippen LogP contribution in [0.4, 0.5) is 0 Å². The molecule has 0 aliphatic carbocycles. The molecule has 0 aliphatic heterocycles. The molecule has 0 aliphatic rings. The summed E-state index contributed by atoms with van der Waals surface area (Å²) >= 11 is 0. The molecule has 5 rings (SSSR count). The van der Waals surface area contributed by atoms with Crippen LogP contribution >= 0.6 is 0 Å².